The van der Waals surface area contributed by atoms with Gasteiger partial charge in [0, 0.05) is 12.1 Å². The monoisotopic (exact) mass is 407 g/mol. The molecule has 0 aliphatic carbocycles. The molecular formula is C21H20Cl2FNO2. The van der Waals surface area contributed by atoms with Crippen molar-refractivity contribution in [2.75, 3.05) is 13.2 Å². The van der Waals surface area contributed by atoms with Crippen LogP contribution in [0.25, 0.3) is 11.1 Å². The van der Waals surface area contributed by atoms with E-state index in [0.29, 0.717) is 36.3 Å². The Balaban J connectivity index is 0.00000261. The molecule has 0 saturated heterocycles. The molecule has 3 aromatic carbocycles. The molecule has 0 aliphatic heterocycles. The maximum Gasteiger partial charge on any atom is 0.162 e. The van der Waals surface area contributed by atoms with Gasteiger partial charge in [-0.2, -0.15) is 0 Å². The maximum absolute atomic E-state index is 13.3. The van der Waals surface area contributed by atoms with E-state index in [9.17, 15) is 4.39 Å². The number of nitrogens with two attached hydrogens (primary N) is 1. The Morgan fingerprint density at radius 3 is 2.37 bits per heavy atom. The first-order valence-corrected chi connectivity index (χ1v) is 8.64. The molecule has 0 spiro atoms. The molecule has 0 aliphatic rings. The zero-order valence-electron chi connectivity index (χ0n) is 14.5. The summed E-state index contributed by atoms with van der Waals surface area (Å²) in [5.41, 5.74) is 8.11. The third kappa shape index (κ3) is 5.60. The predicted octanol–water partition coefficient (Wildman–Crippen LogP) is 5.48. The fourth-order valence-corrected chi connectivity index (χ4v) is 2.81. The summed E-state index contributed by atoms with van der Waals surface area (Å²) < 4.78 is 24.9. The molecule has 3 rings (SSSR count). The highest BCUT2D eigenvalue weighted by Crippen LogP contribution is 2.36. The first-order valence-electron chi connectivity index (χ1n) is 8.26. The fraction of sp³-hybridized carbons (Fsp3) is 0.143. The van der Waals surface area contributed by atoms with Crippen LogP contribution in [0.5, 0.6) is 11.5 Å². The van der Waals surface area contributed by atoms with E-state index in [2.05, 4.69) is 0 Å². The summed E-state index contributed by atoms with van der Waals surface area (Å²) in [7, 11) is 0. The van der Waals surface area contributed by atoms with Crippen molar-refractivity contribution >= 4 is 24.0 Å². The molecule has 0 heterocycles. The maximum atomic E-state index is 13.3. The highest BCUT2D eigenvalue weighted by molar-refractivity contribution is 6.33. The molecule has 0 saturated carbocycles. The molecule has 0 amide bonds. The van der Waals surface area contributed by atoms with Crippen molar-refractivity contribution < 1.29 is 13.9 Å². The Bertz CT molecular complexity index is 875. The summed E-state index contributed by atoms with van der Waals surface area (Å²) >= 11 is 6.18. The minimum atomic E-state index is -0.373. The van der Waals surface area contributed by atoms with Crippen LogP contribution in [0, 0.1) is 5.82 Å². The summed E-state index contributed by atoms with van der Waals surface area (Å²) in [6.45, 7) is 1.20. The summed E-state index contributed by atoms with van der Waals surface area (Å²) in [6.07, 6.45) is 0. The van der Waals surface area contributed by atoms with Crippen LogP contribution in [0.4, 0.5) is 4.39 Å². The lowest BCUT2D eigenvalue weighted by Gasteiger charge is -2.15. The average Bonchev–Trinajstić information content (AvgIpc) is 2.66. The van der Waals surface area contributed by atoms with Gasteiger partial charge < -0.3 is 15.2 Å². The number of hydrogen-bond acceptors (Lipinski definition) is 3. The van der Waals surface area contributed by atoms with Gasteiger partial charge in [0.25, 0.3) is 0 Å². The van der Waals surface area contributed by atoms with Crippen molar-refractivity contribution in [2.45, 2.75) is 6.61 Å². The summed E-state index contributed by atoms with van der Waals surface area (Å²) in [4.78, 5) is 0. The van der Waals surface area contributed by atoms with E-state index in [-0.39, 0.29) is 18.2 Å². The van der Waals surface area contributed by atoms with Crippen molar-refractivity contribution in [3.63, 3.8) is 0 Å². The van der Waals surface area contributed by atoms with E-state index in [1.807, 2.05) is 48.5 Å². The number of hydrogen-bond donors (Lipinski definition) is 1. The minimum Gasteiger partial charge on any atom is -0.488 e. The molecular weight excluding hydrogens is 388 g/mol. The molecule has 0 fully saturated rings. The zero-order chi connectivity index (χ0) is 18.4. The Kier molecular flexibility index (Phi) is 7.92. The molecule has 2 N–H and O–H groups in total. The Hall–Kier alpha value is -2.27. The Morgan fingerprint density at radius 2 is 1.67 bits per heavy atom. The SMILES string of the molecule is Cl.NCCOc1ccc(-c2ccc(F)cc2Cl)cc1OCc1ccccc1. The molecule has 3 aromatic rings. The molecule has 3 nitrogen and oxygen atoms in total. The largest absolute Gasteiger partial charge is 0.488 e. The van der Waals surface area contributed by atoms with Crippen LogP contribution in [-0.4, -0.2) is 13.2 Å². The van der Waals surface area contributed by atoms with Gasteiger partial charge in [-0.1, -0.05) is 48.0 Å². The van der Waals surface area contributed by atoms with Crippen LogP contribution in [0.2, 0.25) is 5.02 Å². The van der Waals surface area contributed by atoms with E-state index in [1.165, 1.54) is 12.1 Å². The van der Waals surface area contributed by atoms with Gasteiger partial charge in [-0.15, -0.1) is 12.4 Å². The minimum absolute atomic E-state index is 0. The van der Waals surface area contributed by atoms with Crippen molar-refractivity contribution in [3.8, 4) is 22.6 Å². The van der Waals surface area contributed by atoms with Crippen molar-refractivity contribution in [3.05, 3.63) is 83.1 Å². The highest BCUT2D eigenvalue weighted by Gasteiger charge is 2.11. The van der Waals surface area contributed by atoms with E-state index in [1.54, 1.807) is 6.07 Å². The van der Waals surface area contributed by atoms with Crippen LogP contribution in [0.1, 0.15) is 5.56 Å². The quantitative estimate of drug-likeness (QED) is 0.563. The molecule has 0 radical (unpaired) electrons. The lowest BCUT2D eigenvalue weighted by atomic mass is 10.0. The van der Waals surface area contributed by atoms with E-state index in [0.717, 1.165) is 16.7 Å². The standard InChI is InChI=1S/C21H19ClFNO2.ClH/c22-19-13-17(23)7-8-18(19)16-6-9-20(25-11-10-24)21(12-16)26-14-15-4-2-1-3-5-15;/h1-9,12-13H,10-11,14,24H2;1H. The van der Waals surface area contributed by atoms with Gasteiger partial charge in [0.15, 0.2) is 11.5 Å². The molecule has 142 valence electrons. The Labute approximate surface area is 169 Å². The molecule has 0 atom stereocenters. The van der Waals surface area contributed by atoms with Gasteiger partial charge in [-0.3, -0.25) is 0 Å². The molecule has 0 unspecified atom stereocenters. The first-order chi connectivity index (χ1) is 12.7. The molecule has 0 aromatic heterocycles. The fourth-order valence-electron chi connectivity index (χ4n) is 2.54. The second kappa shape index (κ2) is 10.2. The topological polar surface area (TPSA) is 44.5 Å². The van der Waals surface area contributed by atoms with Crippen LogP contribution in [0.3, 0.4) is 0 Å². The summed E-state index contributed by atoms with van der Waals surface area (Å²) in [5, 5.41) is 0.342. The number of halogens is 3. The summed E-state index contributed by atoms with van der Waals surface area (Å²) in [6, 6.07) is 19.7. The highest BCUT2D eigenvalue weighted by atomic mass is 35.5. The van der Waals surface area contributed by atoms with Gasteiger partial charge in [0.2, 0.25) is 0 Å². The van der Waals surface area contributed by atoms with Crippen LogP contribution < -0.4 is 15.2 Å². The van der Waals surface area contributed by atoms with Gasteiger partial charge in [-0.05, 0) is 41.5 Å². The van der Waals surface area contributed by atoms with Gasteiger partial charge in [0.05, 0.1) is 5.02 Å². The molecule has 27 heavy (non-hydrogen) atoms. The lowest BCUT2D eigenvalue weighted by Crippen LogP contribution is -2.11. The van der Waals surface area contributed by atoms with Gasteiger partial charge in [-0.25, -0.2) is 4.39 Å². The zero-order valence-corrected chi connectivity index (χ0v) is 16.1. The molecule has 6 heteroatoms. The second-order valence-electron chi connectivity index (χ2n) is 5.70. The molecule has 0 bridgehead atoms. The Morgan fingerprint density at radius 1 is 0.889 bits per heavy atom. The number of ether oxygens (including phenoxy) is 2. The smallest absolute Gasteiger partial charge is 0.162 e. The van der Waals surface area contributed by atoms with Crippen molar-refractivity contribution in [2.24, 2.45) is 5.73 Å². The van der Waals surface area contributed by atoms with Crippen LogP contribution in [0.15, 0.2) is 66.7 Å². The number of rotatable bonds is 7. The van der Waals surface area contributed by atoms with Gasteiger partial charge >= 0.3 is 0 Å². The third-order valence-corrected chi connectivity index (χ3v) is 4.11. The summed E-state index contributed by atoms with van der Waals surface area (Å²) in [5.74, 6) is 0.816. The van der Waals surface area contributed by atoms with Gasteiger partial charge in [0.1, 0.15) is 19.0 Å². The van der Waals surface area contributed by atoms with E-state index < -0.39 is 0 Å². The number of benzene rings is 3. The van der Waals surface area contributed by atoms with Crippen LogP contribution >= 0.6 is 24.0 Å². The lowest BCUT2D eigenvalue weighted by molar-refractivity contribution is 0.266. The first kappa shape index (κ1) is 21.0. The van der Waals surface area contributed by atoms with E-state index >= 15 is 0 Å². The second-order valence-corrected chi connectivity index (χ2v) is 6.10. The average molecular weight is 408 g/mol. The third-order valence-electron chi connectivity index (χ3n) is 3.80. The normalized spacial score (nSPS) is 10.2. The van der Waals surface area contributed by atoms with Crippen LogP contribution in [-0.2, 0) is 6.61 Å². The van der Waals surface area contributed by atoms with E-state index in [4.69, 9.17) is 26.8 Å². The predicted molar refractivity (Wildman–Crippen MR) is 109 cm³/mol. The van der Waals surface area contributed by atoms with Crippen molar-refractivity contribution in [1.82, 2.24) is 0 Å². The van der Waals surface area contributed by atoms with Crippen molar-refractivity contribution in [1.29, 1.82) is 0 Å².